The predicted octanol–water partition coefficient (Wildman–Crippen LogP) is 1.07. The SMILES string of the molecule is CNCc1csc(N2CCC2)n1. The van der Waals surface area contributed by atoms with E-state index in [0.29, 0.717) is 0 Å². The molecule has 0 aliphatic carbocycles. The van der Waals surface area contributed by atoms with Crippen LogP contribution in [0.1, 0.15) is 12.1 Å². The molecule has 0 radical (unpaired) electrons. The minimum Gasteiger partial charge on any atom is -0.348 e. The molecule has 1 aliphatic rings. The zero-order valence-corrected chi connectivity index (χ0v) is 8.02. The van der Waals surface area contributed by atoms with Gasteiger partial charge in [0.15, 0.2) is 5.13 Å². The molecule has 2 rings (SSSR count). The highest BCUT2D eigenvalue weighted by Gasteiger charge is 2.17. The Morgan fingerprint density at radius 2 is 2.50 bits per heavy atom. The maximum absolute atomic E-state index is 4.50. The van der Waals surface area contributed by atoms with Gasteiger partial charge in [0.25, 0.3) is 0 Å². The van der Waals surface area contributed by atoms with E-state index in [4.69, 9.17) is 0 Å². The van der Waals surface area contributed by atoms with E-state index in [2.05, 4.69) is 20.6 Å². The summed E-state index contributed by atoms with van der Waals surface area (Å²) in [5.74, 6) is 0. The maximum Gasteiger partial charge on any atom is 0.185 e. The van der Waals surface area contributed by atoms with Crippen LogP contribution >= 0.6 is 11.3 Å². The molecule has 1 saturated heterocycles. The Morgan fingerprint density at radius 1 is 1.67 bits per heavy atom. The fraction of sp³-hybridized carbons (Fsp3) is 0.625. The van der Waals surface area contributed by atoms with Crippen molar-refractivity contribution in [1.82, 2.24) is 10.3 Å². The van der Waals surface area contributed by atoms with Crippen molar-refractivity contribution in [2.75, 3.05) is 25.0 Å². The highest BCUT2D eigenvalue weighted by molar-refractivity contribution is 7.13. The third-order valence-electron chi connectivity index (χ3n) is 2.02. The monoisotopic (exact) mass is 183 g/mol. The topological polar surface area (TPSA) is 28.2 Å². The molecule has 3 nitrogen and oxygen atoms in total. The minimum absolute atomic E-state index is 0.879. The Hall–Kier alpha value is -0.610. The first-order valence-corrected chi connectivity index (χ1v) is 5.12. The molecular weight excluding hydrogens is 170 g/mol. The molecule has 0 saturated carbocycles. The molecule has 1 aromatic heterocycles. The molecule has 0 amide bonds. The predicted molar refractivity (Wildman–Crippen MR) is 51.7 cm³/mol. The molecule has 0 bridgehead atoms. The van der Waals surface area contributed by atoms with Crippen molar-refractivity contribution in [2.45, 2.75) is 13.0 Å². The number of aromatic nitrogens is 1. The third kappa shape index (κ3) is 1.44. The molecule has 1 N–H and O–H groups in total. The Morgan fingerprint density at radius 3 is 3.08 bits per heavy atom. The summed E-state index contributed by atoms with van der Waals surface area (Å²) in [5.41, 5.74) is 1.16. The van der Waals surface area contributed by atoms with Crippen LogP contribution in [0.2, 0.25) is 0 Å². The van der Waals surface area contributed by atoms with Gasteiger partial charge in [0.2, 0.25) is 0 Å². The van der Waals surface area contributed by atoms with Gasteiger partial charge in [-0.1, -0.05) is 0 Å². The summed E-state index contributed by atoms with van der Waals surface area (Å²) in [5, 5.41) is 6.41. The number of rotatable bonds is 3. The summed E-state index contributed by atoms with van der Waals surface area (Å²) < 4.78 is 0. The highest BCUT2D eigenvalue weighted by Crippen LogP contribution is 2.24. The van der Waals surface area contributed by atoms with Gasteiger partial charge in [0.1, 0.15) is 0 Å². The van der Waals surface area contributed by atoms with Crippen LogP contribution in [0.15, 0.2) is 5.38 Å². The normalized spacial score (nSPS) is 16.2. The Kier molecular flexibility index (Phi) is 2.28. The van der Waals surface area contributed by atoms with Crippen molar-refractivity contribution in [3.8, 4) is 0 Å². The first kappa shape index (κ1) is 8.01. The second-order valence-electron chi connectivity index (χ2n) is 2.99. The van der Waals surface area contributed by atoms with Crippen molar-refractivity contribution in [2.24, 2.45) is 0 Å². The van der Waals surface area contributed by atoms with Crippen LogP contribution in [0.3, 0.4) is 0 Å². The van der Waals surface area contributed by atoms with Crippen LogP contribution in [0.4, 0.5) is 5.13 Å². The van der Waals surface area contributed by atoms with Gasteiger partial charge in [-0.05, 0) is 13.5 Å². The maximum atomic E-state index is 4.50. The van der Waals surface area contributed by atoms with Gasteiger partial charge in [-0.25, -0.2) is 4.98 Å². The molecule has 0 spiro atoms. The van der Waals surface area contributed by atoms with Crippen LogP contribution in [0.25, 0.3) is 0 Å². The number of hydrogen-bond donors (Lipinski definition) is 1. The van der Waals surface area contributed by atoms with Gasteiger partial charge in [-0.2, -0.15) is 0 Å². The van der Waals surface area contributed by atoms with Crippen LogP contribution < -0.4 is 10.2 Å². The Bertz CT molecular complexity index is 255. The van der Waals surface area contributed by atoms with Crippen molar-refractivity contribution < 1.29 is 0 Å². The van der Waals surface area contributed by atoms with Crippen molar-refractivity contribution >= 4 is 16.5 Å². The lowest BCUT2D eigenvalue weighted by atomic mass is 10.2. The fourth-order valence-corrected chi connectivity index (χ4v) is 2.09. The van der Waals surface area contributed by atoms with Crippen molar-refractivity contribution in [1.29, 1.82) is 0 Å². The summed E-state index contributed by atoms with van der Waals surface area (Å²) in [6, 6.07) is 0. The van der Waals surface area contributed by atoms with Gasteiger partial charge in [0.05, 0.1) is 5.69 Å². The molecule has 1 aromatic rings. The van der Waals surface area contributed by atoms with E-state index in [1.165, 1.54) is 24.6 Å². The molecular formula is C8H13N3S. The summed E-state index contributed by atoms with van der Waals surface area (Å²) >= 11 is 1.75. The largest absolute Gasteiger partial charge is 0.348 e. The lowest BCUT2D eigenvalue weighted by molar-refractivity contribution is 0.614. The van der Waals surface area contributed by atoms with E-state index in [0.717, 1.165) is 12.2 Å². The molecule has 1 fully saturated rings. The summed E-state index contributed by atoms with van der Waals surface area (Å²) in [6.45, 7) is 3.25. The van der Waals surface area contributed by atoms with E-state index in [9.17, 15) is 0 Å². The van der Waals surface area contributed by atoms with Crippen LogP contribution in [0, 0.1) is 0 Å². The summed E-state index contributed by atoms with van der Waals surface area (Å²) in [4.78, 5) is 6.83. The average molecular weight is 183 g/mol. The van der Waals surface area contributed by atoms with Gasteiger partial charge < -0.3 is 10.2 Å². The van der Waals surface area contributed by atoms with Crippen molar-refractivity contribution in [3.05, 3.63) is 11.1 Å². The smallest absolute Gasteiger partial charge is 0.185 e. The van der Waals surface area contributed by atoms with E-state index in [1.807, 2.05) is 7.05 Å². The number of anilines is 1. The van der Waals surface area contributed by atoms with E-state index < -0.39 is 0 Å². The minimum atomic E-state index is 0.879. The van der Waals surface area contributed by atoms with Gasteiger partial charge in [-0.3, -0.25) is 0 Å². The number of nitrogens with one attached hydrogen (secondary N) is 1. The molecule has 2 heterocycles. The van der Waals surface area contributed by atoms with Crippen LogP contribution in [-0.4, -0.2) is 25.1 Å². The Labute approximate surface area is 76.4 Å². The number of nitrogens with zero attached hydrogens (tertiary/aromatic N) is 2. The third-order valence-corrected chi connectivity index (χ3v) is 2.97. The van der Waals surface area contributed by atoms with E-state index >= 15 is 0 Å². The molecule has 0 unspecified atom stereocenters. The molecule has 0 atom stereocenters. The van der Waals surface area contributed by atoms with Crippen LogP contribution in [-0.2, 0) is 6.54 Å². The summed E-state index contributed by atoms with van der Waals surface area (Å²) in [7, 11) is 1.95. The second-order valence-corrected chi connectivity index (χ2v) is 3.83. The molecule has 1 aliphatic heterocycles. The van der Waals surface area contributed by atoms with E-state index in [1.54, 1.807) is 11.3 Å². The van der Waals surface area contributed by atoms with E-state index in [-0.39, 0.29) is 0 Å². The molecule has 0 aromatic carbocycles. The highest BCUT2D eigenvalue weighted by atomic mass is 32.1. The zero-order chi connectivity index (χ0) is 8.39. The first-order valence-electron chi connectivity index (χ1n) is 4.24. The molecule has 4 heteroatoms. The number of thiazole rings is 1. The van der Waals surface area contributed by atoms with Crippen LogP contribution in [0.5, 0.6) is 0 Å². The van der Waals surface area contributed by atoms with Gasteiger partial charge in [0, 0.05) is 25.0 Å². The quantitative estimate of drug-likeness (QED) is 0.760. The second kappa shape index (κ2) is 3.41. The Balaban J connectivity index is 2.02. The fourth-order valence-electron chi connectivity index (χ4n) is 1.21. The summed E-state index contributed by atoms with van der Waals surface area (Å²) in [6.07, 6.45) is 1.32. The molecule has 66 valence electrons. The average Bonchev–Trinajstić information content (AvgIpc) is 2.34. The van der Waals surface area contributed by atoms with Gasteiger partial charge >= 0.3 is 0 Å². The lowest BCUT2D eigenvalue weighted by Crippen LogP contribution is -2.36. The molecule has 12 heavy (non-hydrogen) atoms. The first-order chi connectivity index (χ1) is 5.90. The standard InChI is InChI=1S/C8H13N3S/c1-9-5-7-6-12-8(10-7)11-3-2-4-11/h6,9H,2-5H2,1H3. The lowest BCUT2D eigenvalue weighted by Gasteiger charge is -2.30. The zero-order valence-electron chi connectivity index (χ0n) is 7.21. The van der Waals surface area contributed by atoms with Gasteiger partial charge in [-0.15, -0.1) is 11.3 Å². The van der Waals surface area contributed by atoms with Crippen molar-refractivity contribution in [3.63, 3.8) is 0 Å². The number of hydrogen-bond acceptors (Lipinski definition) is 4.